The predicted molar refractivity (Wildman–Crippen MR) is 135 cm³/mol. The Balaban J connectivity index is 1.58. The minimum atomic E-state index is -0.379. The molecular weight excluding hydrogens is 420 g/mol. The molecule has 0 amide bonds. The Morgan fingerprint density at radius 1 is 0.912 bits per heavy atom. The Kier molecular flexibility index (Phi) is 6.06. The minimum absolute atomic E-state index is 0.0794. The number of esters is 1. The molecular formula is C30H30N2O2. The highest BCUT2D eigenvalue weighted by Crippen LogP contribution is 2.37. The van der Waals surface area contributed by atoms with Crippen molar-refractivity contribution >= 4 is 5.97 Å². The molecule has 4 heteroatoms. The lowest BCUT2D eigenvalue weighted by atomic mass is 9.89. The van der Waals surface area contributed by atoms with Crippen LogP contribution in [-0.4, -0.2) is 15.7 Å². The van der Waals surface area contributed by atoms with Gasteiger partial charge < -0.3 is 4.74 Å². The number of carbonyl (C=O) groups excluding carboxylic acids is 1. The van der Waals surface area contributed by atoms with Crippen LogP contribution in [0.3, 0.4) is 0 Å². The van der Waals surface area contributed by atoms with E-state index in [1.54, 1.807) is 12.1 Å². The molecule has 3 aromatic carbocycles. The summed E-state index contributed by atoms with van der Waals surface area (Å²) in [6.45, 7) is 6.10. The number of fused-ring (bicyclic) bond motifs is 1. The van der Waals surface area contributed by atoms with Gasteiger partial charge in [-0.05, 0) is 80.8 Å². The van der Waals surface area contributed by atoms with Crippen molar-refractivity contribution in [2.75, 3.05) is 0 Å². The molecule has 4 nitrogen and oxygen atoms in total. The summed E-state index contributed by atoms with van der Waals surface area (Å²) in [6, 6.07) is 24.2. The number of aromatic nitrogens is 2. The standard InChI is InChI=1S/C30H30N2O2/c1-20-13-15-25(16-14-20)30(33)34-29-28(24-10-5-4-6-11-24)21(2)31-32(29)22(3)26-18-17-23-9-7-8-12-27(23)19-26/h4-6,10-11,13-19,22H,7-9,12H2,1-3H3. The van der Waals surface area contributed by atoms with Crippen molar-refractivity contribution in [2.45, 2.75) is 52.5 Å². The van der Waals surface area contributed by atoms with Gasteiger partial charge in [0.2, 0.25) is 5.88 Å². The maximum absolute atomic E-state index is 13.2. The topological polar surface area (TPSA) is 44.1 Å². The highest BCUT2D eigenvalue weighted by molar-refractivity contribution is 5.92. The van der Waals surface area contributed by atoms with Crippen LogP contribution < -0.4 is 4.74 Å². The summed E-state index contributed by atoms with van der Waals surface area (Å²) in [5.74, 6) is 0.107. The van der Waals surface area contributed by atoms with Crippen molar-refractivity contribution in [3.8, 4) is 17.0 Å². The van der Waals surface area contributed by atoms with Crippen molar-refractivity contribution in [2.24, 2.45) is 0 Å². The van der Waals surface area contributed by atoms with Gasteiger partial charge in [0.15, 0.2) is 0 Å². The number of nitrogens with zero attached hydrogens (tertiary/aromatic N) is 2. The van der Waals surface area contributed by atoms with Crippen molar-refractivity contribution in [3.63, 3.8) is 0 Å². The Labute approximate surface area is 201 Å². The van der Waals surface area contributed by atoms with Gasteiger partial charge in [0.25, 0.3) is 0 Å². The highest BCUT2D eigenvalue weighted by Gasteiger charge is 2.25. The number of aryl methyl sites for hydroxylation is 4. The molecule has 0 saturated carbocycles. The van der Waals surface area contributed by atoms with E-state index in [1.165, 1.54) is 29.5 Å². The molecule has 1 aliphatic rings. The predicted octanol–water partition coefficient (Wildman–Crippen LogP) is 6.87. The van der Waals surface area contributed by atoms with Crippen LogP contribution in [0, 0.1) is 13.8 Å². The van der Waals surface area contributed by atoms with Gasteiger partial charge in [0.05, 0.1) is 22.9 Å². The first-order valence-corrected chi connectivity index (χ1v) is 12.1. The van der Waals surface area contributed by atoms with Gasteiger partial charge in [-0.3, -0.25) is 0 Å². The molecule has 1 aromatic heterocycles. The van der Waals surface area contributed by atoms with Crippen LogP contribution in [0.1, 0.15) is 64.1 Å². The number of carbonyl (C=O) groups is 1. The van der Waals surface area contributed by atoms with Gasteiger partial charge >= 0.3 is 5.97 Å². The molecule has 0 spiro atoms. The number of ether oxygens (including phenoxy) is 1. The molecule has 0 aliphatic heterocycles. The van der Waals surface area contributed by atoms with E-state index in [0.717, 1.165) is 35.2 Å². The fourth-order valence-electron chi connectivity index (χ4n) is 4.81. The van der Waals surface area contributed by atoms with Crippen LogP contribution in [-0.2, 0) is 12.8 Å². The Morgan fingerprint density at radius 3 is 2.35 bits per heavy atom. The molecule has 1 heterocycles. The van der Waals surface area contributed by atoms with E-state index in [4.69, 9.17) is 9.84 Å². The third-order valence-corrected chi connectivity index (χ3v) is 6.80. The molecule has 34 heavy (non-hydrogen) atoms. The number of hydrogen-bond acceptors (Lipinski definition) is 3. The summed E-state index contributed by atoms with van der Waals surface area (Å²) in [4.78, 5) is 13.2. The van der Waals surface area contributed by atoms with E-state index >= 15 is 0 Å². The van der Waals surface area contributed by atoms with Gasteiger partial charge in [0, 0.05) is 0 Å². The summed E-state index contributed by atoms with van der Waals surface area (Å²) in [6.07, 6.45) is 4.78. The van der Waals surface area contributed by atoms with Gasteiger partial charge in [-0.2, -0.15) is 5.10 Å². The van der Waals surface area contributed by atoms with Gasteiger partial charge in [0.1, 0.15) is 0 Å². The molecule has 0 saturated heterocycles. The third-order valence-electron chi connectivity index (χ3n) is 6.80. The molecule has 1 unspecified atom stereocenters. The van der Waals surface area contributed by atoms with Crippen LogP contribution in [0.4, 0.5) is 0 Å². The lowest BCUT2D eigenvalue weighted by Crippen LogP contribution is -2.16. The molecule has 0 radical (unpaired) electrons. The monoisotopic (exact) mass is 450 g/mol. The molecule has 4 aromatic rings. The number of benzene rings is 3. The first-order chi connectivity index (χ1) is 16.5. The normalized spacial score (nSPS) is 13.9. The molecule has 1 atom stereocenters. The van der Waals surface area contributed by atoms with Crippen molar-refractivity contribution < 1.29 is 9.53 Å². The molecule has 0 N–H and O–H groups in total. The second-order valence-corrected chi connectivity index (χ2v) is 9.24. The molecule has 0 fully saturated rings. The zero-order valence-electron chi connectivity index (χ0n) is 20.0. The SMILES string of the molecule is Cc1ccc(C(=O)Oc2c(-c3ccccc3)c(C)nn2C(C)c2ccc3c(c2)CCCC3)cc1. The van der Waals surface area contributed by atoms with Crippen LogP contribution in [0.2, 0.25) is 0 Å². The van der Waals surface area contributed by atoms with E-state index in [2.05, 4.69) is 25.1 Å². The van der Waals surface area contributed by atoms with Crippen LogP contribution in [0.25, 0.3) is 11.1 Å². The molecule has 172 valence electrons. The second kappa shape index (κ2) is 9.30. The van der Waals surface area contributed by atoms with E-state index in [9.17, 15) is 4.79 Å². The van der Waals surface area contributed by atoms with Crippen LogP contribution >= 0.6 is 0 Å². The lowest BCUT2D eigenvalue weighted by Gasteiger charge is -2.21. The summed E-state index contributed by atoms with van der Waals surface area (Å²) in [7, 11) is 0. The van der Waals surface area contributed by atoms with E-state index in [-0.39, 0.29) is 12.0 Å². The Bertz CT molecular complexity index is 1320. The van der Waals surface area contributed by atoms with Crippen molar-refractivity contribution in [1.29, 1.82) is 0 Å². The molecule has 0 bridgehead atoms. The Hall–Kier alpha value is -3.66. The summed E-state index contributed by atoms with van der Waals surface area (Å²) < 4.78 is 7.96. The first-order valence-electron chi connectivity index (χ1n) is 12.1. The van der Waals surface area contributed by atoms with Gasteiger partial charge in [-0.25, -0.2) is 9.48 Å². The summed E-state index contributed by atoms with van der Waals surface area (Å²) >= 11 is 0. The minimum Gasteiger partial charge on any atom is -0.403 e. The zero-order valence-corrected chi connectivity index (χ0v) is 20.0. The number of rotatable bonds is 5. The van der Waals surface area contributed by atoms with E-state index < -0.39 is 0 Å². The zero-order chi connectivity index (χ0) is 23.7. The maximum atomic E-state index is 13.2. The quantitative estimate of drug-likeness (QED) is 0.312. The van der Waals surface area contributed by atoms with Crippen LogP contribution in [0.15, 0.2) is 72.8 Å². The fraction of sp³-hybridized carbons (Fsp3) is 0.267. The van der Waals surface area contributed by atoms with Crippen LogP contribution in [0.5, 0.6) is 5.88 Å². The lowest BCUT2D eigenvalue weighted by molar-refractivity contribution is 0.0717. The van der Waals surface area contributed by atoms with Crippen molar-refractivity contribution in [1.82, 2.24) is 9.78 Å². The third kappa shape index (κ3) is 4.28. The molecule has 1 aliphatic carbocycles. The van der Waals surface area contributed by atoms with Gasteiger partial charge in [-0.15, -0.1) is 0 Å². The van der Waals surface area contributed by atoms with E-state index in [0.29, 0.717) is 11.4 Å². The van der Waals surface area contributed by atoms with E-state index in [1.807, 2.05) is 61.0 Å². The van der Waals surface area contributed by atoms with Crippen molar-refractivity contribution in [3.05, 3.63) is 106 Å². The fourth-order valence-corrected chi connectivity index (χ4v) is 4.81. The number of hydrogen-bond donors (Lipinski definition) is 0. The largest absolute Gasteiger partial charge is 0.403 e. The first kappa shape index (κ1) is 22.1. The average Bonchev–Trinajstić information content (AvgIpc) is 3.19. The summed E-state index contributed by atoms with van der Waals surface area (Å²) in [5.41, 5.74) is 8.36. The maximum Gasteiger partial charge on any atom is 0.344 e. The average molecular weight is 451 g/mol. The summed E-state index contributed by atoms with van der Waals surface area (Å²) in [5, 5.41) is 4.88. The second-order valence-electron chi connectivity index (χ2n) is 9.24. The highest BCUT2D eigenvalue weighted by atomic mass is 16.5. The molecule has 5 rings (SSSR count). The Morgan fingerprint density at radius 2 is 1.62 bits per heavy atom. The van der Waals surface area contributed by atoms with Gasteiger partial charge in [-0.1, -0.05) is 66.2 Å². The smallest absolute Gasteiger partial charge is 0.344 e.